The quantitative estimate of drug-likeness (QED) is 0.587. The van der Waals surface area contributed by atoms with Crippen LogP contribution in [0.15, 0.2) is 48.8 Å². The highest BCUT2D eigenvalue weighted by Gasteiger charge is 2.38. The summed E-state index contributed by atoms with van der Waals surface area (Å²) in [5.74, 6) is 0. The molecule has 1 aromatic heterocycles. The minimum absolute atomic E-state index is 0.00791. The van der Waals surface area contributed by atoms with Crippen molar-refractivity contribution in [3.8, 4) is 0 Å². The molecule has 1 aliphatic heterocycles. The predicted molar refractivity (Wildman–Crippen MR) is 126 cm³/mol. The summed E-state index contributed by atoms with van der Waals surface area (Å²) in [6, 6.07) is 14.6. The summed E-state index contributed by atoms with van der Waals surface area (Å²) in [6.45, 7) is 4.73. The fourth-order valence-corrected chi connectivity index (χ4v) is 4.49. The van der Waals surface area contributed by atoms with E-state index in [2.05, 4.69) is 71.8 Å². The number of rotatable bonds is 7. The first-order valence-electron chi connectivity index (χ1n) is 10.1. The highest BCUT2D eigenvalue weighted by molar-refractivity contribution is 7.35. The lowest BCUT2D eigenvalue weighted by Crippen LogP contribution is -2.29. The molecule has 1 aliphatic rings. The first-order valence-corrected chi connectivity index (χ1v) is 11.6. The number of imidazole rings is 1. The molecule has 0 aliphatic carbocycles. The van der Waals surface area contributed by atoms with E-state index in [-0.39, 0.29) is 12.1 Å². The normalized spacial score (nSPS) is 17.2. The molecule has 1 N–H and O–H groups in total. The lowest BCUT2D eigenvalue weighted by Gasteiger charge is -2.25. The molecular weight excluding hydrogens is 395 g/mol. The van der Waals surface area contributed by atoms with Crippen LogP contribution in [0.1, 0.15) is 11.6 Å². The SMILES string of the molecule is CPN1CC(c2ccc(N(C)CCN(C)C)cc2)N(c2ccc3nc[nH]c3c2)C1=O. The molecule has 8 heteroatoms. The van der Waals surface area contributed by atoms with Crippen molar-refractivity contribution in [3.63, 3.8) is 0 Å². The van der Waals surface area contributed by atoms with Gasteiger partial charge in [0, 0.05) is 31.5 Å². The number of likely N-dealkylation sites (N-methyl/N-ethyl adjacent to an activating group) is 2. The number of hydrogen-bond acceptors (Lipinski definition) is 4. The molecule has 0 radical (unpaired) electrons. The molecule has 4 rings (SSSR count). The van der Waals surface area contributed by atoms with Gasteiger partial charge in [-0.3, -0.25) is 4.90 Å². The Hall–Kier alpha value is -2.63. The van der Waals surface area contributed by atoms with Crippen molar-refractivity contribution in [3.05, 3.63) is 54.4 Å². The Balaban J connectivity index is 1.61. The van der Waals surface area contributed by atoms with Crippen LogP contribution in [-0.2, 0) is 0 Å². The second-order valence-electron chi connectivity index (χ2n) is 7.92. The van der Waals surface area contributed by atoms with Crippen molar-refractivity contribution in [2.45, 2.75) is 6.04 Å². The van der Waals surface area contributed by atoms with Gasteiger partial charge in [0.15, 0.2) is 0 Å². The third-order valence-corrected chi connectivity index (χ3v) is 6.57. The van der Waals surface area contributed by atoms with E-state index in [4.69, 9.17) is 0 Å². The summed E-state index contributed by atoms with van der Waals surface area (Å²) in [6.07, 6.45) is 1.68. The molecule has 3 aromatic rings. The number of carbonyl (C=O) groups excluding carboxylic acids is 1. The average molecular weight is 424 g/mol. The topological polar surface area (TPSA) is 58.7 Å². The van der Waals surface area contributed by atoms with Crippen molar-refractivity contribution in [1.82, 2.24) is 19.5 Å². The minimum Gasteiger partial charge on any atom is -0.373 e. The number of nitrogens with zero attached hydrogens (tertiary/aromatic N) is 5. The molecular formula is C22H29N6OP. The maximum absolute atomic E-state index is 13.1. The smallest absolute Gasteiger partial charge is 0.328 e. The highest BCUT2D eigenvalue weighted by atomic mass is 31.1. The van der Waals surface area contributed by atoms with Crippen LogP contribution < -0.4 is 9.80 Å². The number of aromatic amines is 1. The highest BCUT2D eigenvalue weighted by Crippen LogP contribution is 2.39. The first-order chi connectivity index (χ1) is 14.5. The third kappa shape index (κ3) is 4.00. The standard InChI is InChI=1S/C22H29N6OP/c1-25(2)11-12-26(3)17-7-5-16(6-8-17)21-14-27(30-4)22(29)28(21)18-9-10-19-20(13-18)24-15-23-19/h5-10,13,15,21,30H,11-12,14H2,1-4H3,(H,23,24). The number of hydrogen-bond donors (Lipinski definition) is 1. The Morgan fingerprint density at radius 2 is 1.90 bits per heavy atom. The molecule has 1 fully saturated rings. The number of anilines is 2. The Morgan fingerprint density at radius 1 is 1.13 bits per heavy atom. The van der Waals surface area contributed by atoms with E-state index in [1.165, 1.54) is 5.69 Å². The number of benzene rings is 2. The van der Waals surface area contributed by atoms with Crippen LogP contribution in [0.3, 0.4) is 0 Å². The number of carbonyl (C=O) groups is 1. The van der Waals surface area contributed by atoms with Gasteiger partial charge in [-0.25, -0.2) is 9.78 Å². The monoisotopic (exact) mass is 424 g/mol. The van der Waals surface area contributed by atoms with E-state index < -0.39 is 0 Å². The summed E-state index contributed by atoms with van der Waals surface area (Å²) in [7, 11) is 6.73. The first kappa shape index (κ1) is 20.6. The van der Waals surface area contributed by atoms with Gasteiger partial charge in [-0.05, 0) is 65.4 Å². The Bertz CT molecular complexity index is 1020. The molecule has 158 valence electrons. The fraction of sp³-hybridized carbons (Fsp3) is 0.364. The molecule has 2 unspecified atom stereocenters. The number of nitrogens with one attached hydrogen (secondary N) is 1. The zero-order valence-electron chi connectivity index (χ0n) is 18.0. The number of amides is 2. The van der Waals surface area contributed by atoms with Crippen molar-refractivity contribution in [1.29, 1.82) is 0 Å². The number of fused-ring (bicyclic) bond motifs is 1. The zero-order valence-corrected chi connectivity index (χ0v) is 19.0. The van der Waals surface area contributed by atoms with Gasteiger partial charge in [0.2, 0.25) is 0 Å². The lowest BCUT2D eigenvalue weighted by atomic mass is 10.0. The van der Waals surface area contributed by atoms with E-state index >= 15 is 0 Å². The maximum atomic E-state index is 13.1. The molecule has 0 bridgehead atoms. The van der Waals surface area contributed by atoms with E-state index in [1.807, 2.05) is 27.8 Å². The van der Waals surface area contributed by atoms with Crippen molar-refractivity contribution in [2.24, 2.45) is 0 Å². The zero-order chi connectivity index (χ0) is 21.3. The van der Waals surface area contributed by atoms with Gasteiger partial charge in [-0.15, -0.1) is 0 Å². The third-order valence-electron chi connectivity index (χ3n) is 5.66. The molecule has 30 heavy (non-hydrogen) atoms. The van der Waals surface area contributed by atoms with E-state index in [0.717, 1.165) is 35.4 Å². The van der Waals surface area contributed by atoms with Crippen LogP contribution in [0.4, 0.5) is 16.2 Å². The number of aromatic nitrogens is 2. The van der Waals surface area contributed by atoms with Crippen LogP contribution in [-0.4, -0.2) is 73.0 Å². The predicted octanol–water partition coefficient (Wildman–Crippen LogP) is 3.77. The Kier molecular flexibility index (Phi) is 5.93. The number of urea groups is 1. The van der Waals surface area contributed by atoms with Crippen LogP contribution in [0.5, 0.6) is 0 Å². The summed E-state index contributed by atoms with van der Waals surface area (Å²) < 4.78 is 1.93. The van der Waals surface area contributed by atoms with Gasteiger partial charge in [0.05, 0.1) is 29.9 Å². The molecule has 2 atom stereocenters. The molecule has 2 aromatic carbocycles. The van der Waals surface area contributed by atoms with Crippen LogP contribution in [0.2, 0.25) is 0 Å². The van der Waals surface area contributed by atoms with Crippen LogP contribution >= 0.6 is 8.73 Å². The molecule has 1 saturated heterocycles. The Labute approximate surface area is 179 Å². The minimum atomic E-state index is -0.00791. The van der Waals surface area contributed by atoms with Gasteiger partial charge in [-0.1, -0.05) is 12.1 Å². The molecule has 0 saturated carbocycles. The van der Waals surface area contributed by atoms with Crippen LogP contribution in [0.25, 0.3) is 11.0 Å². The second-order valence-corrected chi connectivity index (χ2v) is 8.91. The van der Waals surface area contributed by atoms with Crippen LogP contribution in [0, 0.1) is 0 Å². The molecule has 7 nitrogen and oxygen atoms in total. The van der Waals surface area contributed by atoms with Gasteiger partial charge < -0.3 is 19.5 Å². The van der Waals surface area contributed by atoms with E-state index in [1.54, 1.807) is 6.33 Å². The molecule has 0 spiro atoms. The summed E-state index contributed by atoms with van der Waals surface area (Å²) in [4.78, 5) is 26.9. The molecule has 2 amide bonds. The van der Waals surface area contributed by atoms with Crippen molar-refractivity contribution < 1.29 is 4.79 Å². The largest absolute Gasteiger partial charge is 0.373 e. The summed E-state index contributed by atoms with van der Waals surface area (Å²) >= 11 is 0. The van der Waals surface area contributed by atoms with Gasteiger partial charge >= 0.3 is 6.03 Å². The van der Waals surface area contributed by atoms with E-state index in [9.17, 15) is 4.79 Å². The lowest BCUT2D eigenvalue weighted by molar-refractivity contribution is 0.241. The Morgan fingerprint density at radius 3 is 2.60 bits per heavy atom. The average Bonchev–Trinajstić information content (AvgIpc) is 3.35. The van der Waals surface area contributed by atoms with E-state index in [0.29, 0.717) is 15.3 Å². The number of H-pyrrole nitrogens is 1. The van der Waals surface area contributed by atoms with Gasteiger partial charge in [-0.2, -0.15) is 0 Å². The van der Waals surface area contributed by atoms with Gasteiger partial charge in [0.25, 0.3) is 0 Å². The second kappa shape index (κ2) is 8.62. The summed E-state index contributed by atoms with van der Waals surface area (Å²) in [5.41, 5.74) is 5.08. The van der Waals surface area contributed by atoms with Gasteiger partial charge in [0.1, 0.15) is 0 Å². The molecule has 2 heterocycles. The maximum Gasteiger partial charge on any atom is 0.328 e. The summed E-state index contributed by atoms with van der Waals surface area (Å²) in [5, 5.41) is 0. The van der Waals surface area contributed by atoms with Crippen molar-refractivity contribution in [2.75, 3.05) is 57.2 Å². The fourth-order valence-electron chi connectivity index (χ4n) is 3.83. The van der Waals surface area contributed by atoms with Crippen molar-refractivity contribution >= 4 is 37.2 Å².